The van der Waals surface area contributed by atoms with E-state index in [0.717, 1.165) is 36.2 Å². The van der Waals surface area contributed by atoms with Crippen LogP contribution in [0.15, 0.2) is 59.1 Å². The van der Waals surface area contributed by atoms with Gasteiger partial charge in [-0.15, -0.1) is 0 Å². The summed E-state index contributed by atoms with van der Waals surface area (Å²) in [4.78, 5) is 0. The van der Waals surface area contributed by atoms with Crippen LogP contribution in [0.2, 0.25) is 0 Å². The number of hydrogen-bond acceptors (Lipinski definition) is 4. The van der Waals surface area contributed by atoms with Gasteiger partial charge in [0, 0.05) is 26.3 Å². The molecule has 4 N–H and O–H groups in total. The van der Waals surface area contributed by atoms with Crippen molar-refractivity contribution in [1.29, 1.82) is 0 Å². The fourth-order valence-corrected chi connectivity index (χ4v) is 2.00. The second-order valence-electron chi connectivity index (χ2n) is 5.49. The number of rotatable bonds is 10. The molecule has 4 nitrogen and oxygen atoms in total. The van der Waals surface area contributed by atoms with Crippen LogP contribution in [0.1, 0.15) is 40.5 Å². The molecule has 0 aliphatic carbocycles. The number of likely N-dealkylation sites (N-methyl/N-ethyl adjacent to an activating group) is 1. The highest BCUT2D eigenvalue weighted by Gasteiger charge is 2.05. The summed E-state index contributed by atoms with van der Waals surface area (Å²) in [5.74, 6) is 0.688. The Hall–Kier alpha value is -1.94. The van der Waals surface area contributed by atoms with Crippen LogP contribution in [0.3, 0.4) is 0 Å². The lowest BCUT2D eigenvalue weighted by molar-refractivity contribution is 0.263. The number of nitrogens with zero attached hydrogens (tertiary/aromatic N) is 1. The van der Waals surface area contributed by atoms with E-state index >= 15 is 0 Å². The minimum Gasteiger partial charge on any atom is -0.388 e. The fraction of sp³-hybridized carbons (Fsp3) is 0.474. The summed E-state index contributed by atoms with van der Waals surface area (Å²) >= 11 is 0. The van der Waals surface area contributed by atoms with Gasteiger partial charge in [0.15, 0.2) is 0 Å². The standard InChI is InChI=1S/C19H34N4/c1-8-10-13-23(22-7)19(20)12-11-18(21-6)17(5)16(4)14-15(3)9-2/h9,11-12,14,21-22H,5,8,10,13,20H2,1-4,6-7H3/b15-9-,16-14-,18-11-,19-12+. The van der Waals surface area contributed by atoms with Gasteiger partial charge in [-0.1, -0.05) is 37.6 Å². The third kappa shape index (κ3) is 7.75. The van der Waals surface area contributed by atoms with Crippen LogP contribution in [-0.2, 0) is 0 Å². The molecule has 130 valence electrons. The Kier molecular flexibility index (Phi) is 10.6. The molecule has 0 fully saturated rings. The van der Waals surface area contributed by atoms with E-state index in [0.29, 0.717) is 5.82 Å². The third-order valence-corrected chi connectivity index (χ3v) is 3.71. The molecule has 0 aliphatic heterocycles. The van der Waals surface area contributed by atoms with Gasteiger partial charge in [-0.2, -0.15) is 0 Å². The van der Waals surface area contributed by atoms with Crippen molar-refractivity contribution in [3.05, 3.63) is 59.1 Å². The summed E-state index contributed by atoms with van der Waals surface area (Å²) in [5, 5.41) is 5.14. The maximum atomic E-state index is 6.15. The first-order valence-corrected chi connectivity index (χ1v) is 8.22. The van der Waals surface area contributed by atoms with Crippen LogP contribution in [0.5, 0.6) is 0 Å². The smallest absolute Gasteiger partial charge is 0.113 e. The molecule has 0 unspecified atom stereocenters. The Balaban J connectivity index is 5.21. The first-order valence-electron chi connectivity index (χ1n) is 8.22. The number of allylic oxidation sites excluding steroid dienone is 6. The molecule has 0 aromatic rings. The predicted octanol–water partition coefficient (Wildman–Crippen LogP) is 3.60. The van der Waals surface area contributed by atoms with E-state index in [1.165, 1.54) is 5.57 Å². The number of hydrogen-bond donors (Lipinski definition) is 3. The van der Waals surface area contributed by atoms with E-state index in [-0.39, 0.29) is 0 Å². The highest BCUT2D eigenvalue weighted by Crippen LogP contribution is 2.17. The van der Waals surface area contributed by atoms with Crippen LogP contribution >= 0.6 is 0 Å². The van der Waals surface area contributed by atoms with Crippen molar-refractivity contribution in [3.8, 4) is 0 Å². The normalized spacial score (nSPS) is 14.0. The molecule has 0 aromatic heterocycles. The average molecular weight is 319 g/mol. The van der Waals surface area contributed by atoms with Crippen LogP contribution in [0.4, 0.5) is 0 Å². The summed E-state index contributed by atoms with van der Waals surface area (Å²) in [6.45, 7) is 13.4. The zero-order valence-corrected chi connectivity index (χ0v) is 15.7. The van der Waals surface area contributed by atoms with Gasteiger partial charge in [0.1, 0.15) is 5.82 Å². The Morgan fingerprint density at radius 2 is 1.87 bits per heavy atom. The number of hydrazine groups is 1. The molecule has 0 rings (SSSR count). The van der Waals surface area contributed by atoms with Crippen LogP contribution in [-0.4, -0.2) is 25.6 Å². The molecule has 0 aliphatic rings. The average Bonchev–Trinajstić information content (AvgIpc) is 2.55. The van der Waals surface area contributed by atoms with Crippen molar-refractivity contribution >= 4 is 0 Å². The van der Waals surface area contributed by atoms with Crippen LogP contribution in [0.25, 0.3) is 0 Å². The van der Waals surface area contributed by atoms with Gasteiger partial charge >= 0.3 is 0 Å². The lowest BCUT2D eigenvalue weighted by Crippen LogP contribution is -2.38. The second-order valence-corrected chi connectivity index (χ2v) is 5.49. The van der Waals surface area contributed by atoms with Gasteiger partial charge < -0.3 is 11.1 Å². The molecular formula is C19H34N4. The Morgan fingerprint density at radius 1 is 1.22 bits per heavy atom. The summed E-state index contributed by atoms with van der Waals surface area (Å²) < 4.78 is 0. The largest absolute Gasteiger partial charge is 0.388 e. The molecule has 0 heterocycles. The topological polar surface area (TPSA) is 53.3 Å². The zero-order chi connectivity index (χ0) is 17.8. The van der Waals surface area contributed by atoms with Crippen molar-refractivity contribution in [1.82, 2.24) is 15.8 Å². The summed E-state index contributed by atoms with van der Waals surface area (Å²) in [7, 11) is 3.77. The van der Waals surface area contributed by atoms with Crippen LogP contribution < -0.4 is 16.5 Å². The van der Waals surface area contributed by atoms with Crippen molar-refractivity contribution in [2.75, 3.05) is 20.6 Å². The van der Waals surface area contributed by atoms with Crippen molar-refractivity contribution in [2.24, 2.45) is 5.73 Å². The van der Waals surface area contributed by atoms with Crippen molar-refractivity contribution in [3.63, 3.8) is 0 Å². The summed E-state index contributed by atoms with van der Waals surface area (Å²) in [5.41, 5.74) is 13.5. The number of unbranched alkanes of at least 4 members (excludes halogenated alkanes) is 1. The zero-order valence-electron chi connectivity index (χ0n) is 15.7. The molecule has 0 spiro atoms. The molecule has 4 heteroatoms. The first kappa shape index (κ1) is 21.1. The lowest BCUT2D eigenvalue weighted by atomic mass is 10.0. The van der Waals surface area contributed by atoms with E-state index in [9.17, 15) is 0 Å². The summed E-state index contributed by atoms with van der Waals surface area (Å²) in [6, 6.07) is 0. The first-order chi connectivity index (χ1) is 10.9. The third-order valence-electron chi connectivity index (χ3n) is 3.71. The SMILES string of the molecule is C=C(/C(C)=C\C(C)=C/C)/C(=C/C=C(\N)N(CCCC)NC)NC. The number of nitrogens with one attached hydrogen (secondary N) is 2. The van der Waals surface area contributed by atoms with Gasteiger partial charge in [-0.25, -0.2) is 5.43 Å². The molecule has 0 saturated heterocycles. The molecule has 0 aromatic carbocycles. The molecule has 23 heavy (non-hydrogen) atoms. The van der Waals surface area contributed by atoms with Crippen molar-refractivity contribution < 1.29 is 0 Å². The monoisotopic (exact) mass is 318 g/mol. The molecule has 0 radical (unpaired) electrons. The fourth-order valence-electron chi connectivity index (χ4n) is 2.00. The predicted molar refractivity (Wildman–Crippen MR) is 102 cm³/mol. The minimum absolute atomic E-state index is 0.688. The van der Waals surface area contributed by atoms with Gasteiger partial charge in [0.05, 0.1) is 0 Å². The molecule has 0 amide bonds. The number of nitrogens with two attached hydrogens (primary N) is 1. The van der Waals surface area contributed by atoms with Gasteiger partial charge in [0.2, 0.25) is 0 Å². The molecule has 0 atom stereocenters. The van der Waals surface area contributed by atoms with E-state index in [1.807, 2.05) is 38.2 Å². The van der Waals surface area contributed by atoms with Gasteiger partial charge in [-0.3, -0.25) is 5.01 Å². The van der Waals surface area contributed by atoms with E-state index < -0.39 is 0 Å². The molecular weight excluding hydrogens is 284 g/mol. The van der Waals surface area contributed by atoms with E-state index in [2.05, 4.69) is 50.2 Å². The quantitative estimate of drug-likeness (QED) is 0.425. The van der Waals surface area contributed by atoms with E-state index in [1.54, 1.807) is 0 Å². The second kappa shape index (κ2) is 11.6. The Labute approximate surface area is 142 Å². The van der Waals surface area contributed by atoms with E-state index in [4.69, 9.17) is 5.73 Å². The van der Waals surface area contributed by atoms with Gasteiger partial charge in [0.25, 0.3) is 0 Å². The highest BCUT2D eigenvalue weighted by molar-refractivity contribution is 5.46. The minimum atomic E-state index is 0.688. The molecule has 0 saturated carbocycles. The maximum absolute atomic E-state index is 6.15. The van der Waals surface area contributed by atoms with Gasteiger partial charge in [-0.05, 0) is 50.5 Å². The Bertz CT molecular complexity index is 495. The highest BCUT2D eigenvalue weighted by atomic mass is 15.5. The summed E-state index contributed by atoms with van der Waals surface area (Å²) in [6.07, 6.45) is 10.3. The maximum Gasteiger partial charge on any atom is 0.113 e. The Morgan fingerprint density at radius 3 is 2.35 bits per heavy atom. The van der Waals surface area contributed by atoms with Crippen molar-refractivity contribution in [2.45, 2.75) is 40.5 Å². The lowest BCUT2D eigenvalue weighted by Gasteiger charge is -2.23. The molecule has 0 bridgehead atoms. The van der Waals surface area contributed by atoms with Crippen LogP contribution in [0, 0.1) is 0 Å².